The molecule has 11 heteroatoms. The minimum absolute atomic E-state index is 0.000257. The van der Waals surface area contributed by atoms with E-state index in [1.54, 1.807) is 12.1 Å². The van der Waals surface area contributed by atoms with Crippen molar-refractivity contribution in [2.75, 3.05) is 49.5 Å². The van der Waals surface area contributed by atoms with Crippen LogP contribution in [0.4, 0.5) is 15.8 Å². The lowest BCUT2D eigenvalue weighted by Crippen LogP contribution is -2.50. The van der Waals surface area contributed by atoms with Crippen LogP contribution in [0.1, 0.15) is 13.8 Å². The first kappa shape index (κ1) is 25.6. The second-order valence-corrected chi connectivity index (χ2v) is 9.86. The van der Waals surface area contributed by atoms with E-state index in [2.05, 4.69) is 25.2 Å². The van der Waals surface area contributed by atoms with E-state index < -0.39 is 22.0 Å². The summed E-state index contributed by atoms with van der Waals surface area (Å²) in [5, 5.41) is 5.34. The van der Waals surface area contributed by atoms with E-state index in [1.165, 1.54) is 50.2 Å². The molecule has 0 unspecified atom stereocenters. The first-order chi connectivity index (χ1) is 16.1. The first-order valence-corrected chi connectivity index (χ1v) is 12.5. The van der Waals surface area contributed by atoms with Crippen molar-refractivity contribution >= 4 is 33.2 Å². The zero-order valence-electron chi connectivity index (χ0n) is 19.3. The molecule has 9 nitrogen and oxygen atoms in total. The number of nitrogens with one attached hydrogen (secondary N) is 3. The van der Waals surface area contributed by atoms with Crippen molar-refractivity contribution in [3.05, 3.63) is 54.3 Å². The molecule has 1 aliphatic heterocycles. The highest BCUT2D eigenvalue weighted by atomic mass is 32.2. The molecule has 1 heterocycles. The van der Waals surface area contributed by atoms with Gasteiger partial charge < -0.3 is 15.5 Å². The molecular weight excluding hydrogens is 461 g/mol. The van der Waals surface area contributed by atoms with Crippen LogP contribution in [0, 0.1) is 5.82 Å². The highest BCUT2D eigenvalue weighted by molar-refractivity contribution is 7.89. The zero-order valence-corrected chi connectivity index (χ0v) is 20.1. The fourth-order valence-electron chi connectivity index (χ4n) is 3.65. The largest absolute Gasteiger partial charge is 0.369 e. The van der Waals surface area contributed by atoms with Gasteiger partial charge in [-0.15, -0.1) is 0 Å². The fraction of sp³-hybridized carbons (Fsp3) is 0.391. The summed E-state index contributed by atoms with van der Waals surface area (Å²) in [6.07, 6.45) is 0. The van der Waals surface area contributed by atoms with Gasteiger partial charge in [0.15, 0.2) is 0 Å². The summed E-state index contributed by atoms with van der Waals surface area (Å²) in [5.41, 5.74) is 1.47. The van der Waals surface area contributed by atoms with E-state index in [0.717, 1.165) is 31.9 Å². The standard InChI is InChI=1S/C23H30FN5O4S/c1-17(27-34(32,33)22-9-5-20(6-10-22)26-18(2)30)23(31)25-11-12-28-13-15-29(16-14-28)21-7-3-19(24)4-8-21/h3-10,17,27H,11-16H2,1-2H3,(H,25,31)(H,26,30)/t17-/m0/s1. The van der Waals surface area contributed by atoms with Crippen molar-refractivity contribution in [1.82, 2.24) is 14.9 Å². The van der Waals surface area contributed by atoms with Gasteiger partial charge in [0.25, 0.3) is 0 Å². The maximum absolute atomic E-state index is 13.1. The Morgan fingerprint density at radius 3 is 2.21 bits per heavy atom. The molecule has 0 saturated carbocycles. The molecule has 2 aromatic carbocycles. The van der Waals surface area contributed by atoms with E-state index in [9.17, 15) is 22.4 Å². The number of amides is 2. The van der Waals surface area contributed by atoms with Gasteiger partial charge in [-0.1, -0.05) is 0 Å². The third-order valence-corrected chi connectivity index (χ3v) is 7.06. The number of piperazine rings is 1. The smallest absolute Gasteiger partial charge is 0.241 e. The molecule has 0 bridgehead atoms. The van der Waals surface area contributed by atoms with Gasteiger partial charge in [-0.25, -0.2) is 12.8 Å². The molecule has 2 aromatic rings. The zero-order chi connectivity index (χ0) is 24.7. The van der Waals surface area contributed by atoms with Crippen molar-refractivity contribution in [2.45, 2.75) is 24.8 Å². The number of hydrogen-bond donors (Lipinski definition) is 3. The van der Waals surface area contributed by atoms with Gasteiger partial charge >= 0.3 is 0 Å². The molecule has 2 amide bonds. The number of nitrogens with zero attached hydrogens (tertiary/aromatic N) is 2. The molecule has 1 atom stereocenters. The summed E-state index contributed by atoms with van der Waals surface area (Å²) in [5.74, 6) is -0.924. The molecule has 3 rings (SSSR count). The monoisotopic (exact) mass is 491 g/mol. The molecule has 1 saturated heterocycles. The van der Waals surface area contributed by atoms with Gasteiger partial charge in [-0.05, 0) is 55.5 Å². The van der Waals surface area contributed by atoms with Crippen molar-refractivity contribution in [3.8, 4) is 0 Å². The Hall–Kier alpha value is -3.02. The van der Waals surface area contributed by atoms with Crippen molar-refractivity contribution in [2.24, 2.45) is 0 Å². The minimum Gasteiger partial charge on any atom is -0.369 e. The highest BCUT2D eigenvalue weighted by Crippen LogP contribution is 2.17. The Morgan fingerprint density at radius 2 is 1.62 bits per heavy atom. The Balaban J connectivity index is 1.40. The average molecular weight is 492 g/mol. The molecule has 34 heavy (non-hydrogen) atoms. The van der Waals surface area contributed by atoms with Gasteiger partial charge in [-0.3, -0.25) is 14.5 Å². The van der Waals surface area contributed by atoms with Crippen LogP contribution in [0.25, 0.3) is 0 Å². The Labute approximate surface area is 199 Å². The third kappa shape index (κ3) is 7.24. The van der Waals surface area contributed by atoms with Gasteiger partial charge in [-0.2, -0.15) is 4.72 Å². The molecule has 0 radical (unpaired) electrons. The molecule has 0 aromatic heterocycles. The topological polar surface area (TPSA) is 111 Å². The summed E-state index contributed by atoms with van der Waals surface area (Å²) >= 11 is 0. The van der Waals surface area contributed by atoms with E-state index in [-0.39, 0.29) is 16.6 Å². The minimum atomic E-state index is -3.89. The fourth-order valence-corrected chi connectivity index (χ4v) is 4.85. The SMILES string of the molecule is CC(=O)Nc1ccc(S(=O)(=O)N[C@@H](C)C(=O)NCCN2CCN(c3ccc(F)cc3)CC2)cc1. The molecule has 1 fully saturated rings. The van der Waals surface area contributed by atoms with Crippen LogP contribution in [0.15, 0.2) is 53.4 Å². The van der Waals surface area contributed by atoms with E-state index >= 15 is 0 Å². The predicted octanol–water partition coefficient (Wildman–Crippen LogP) is 1.39. The van der Waals surface area contributed by atoms with Crippen molar-refractivity contribution < 1.29 is 22.4 Å². The number of rotatable bonds is 9. The molecular formula is C23H30FN5O4S. The third-order valence-electron chi connectivity index (χ3n) is 5.50. The maximum Gasteiger partial charge on any atom is 0.241 e. The summed E-state index contributed by atoms with van der Waals surface area (Å²) in [7, 11) is -3.89. The Morgan fingerprint density at radius 1 is 1.00 bits per heavy atom. The van der Waals surface area contributed by atoms with Crippen molar-refractivity contribution in [3.63, 3.8) is 0 Å². The lowest BCUT2D eigenvalue weighted by atomic mass is 10.2. The van der Waals surface area contributed by atoms with Gasteiger partial charge in [0.1, 0.15) is 5.82 Å². The number of hydrogen-bond acceptors (Lipinski definition) is 6. The maximum atomic E-state index is 13.1. The highest BCUT2D eigenvalue weighted by Gasteiger charge is 2.22. The lowest BCUT2D eigenvalue weighted by molar-refractivity contribution is -0.122. The van der Waals surface area contributed by atoms with Crippen LogP contribution in [0.2, 0.25) is 0 Å². The lowest BCUT2D eigenvalue weighted by Gasteiger charge is -2.36. The quantitative estimate of drug-likeness (QED) is 0.489. The summed E-state index contributed by atoms with van der Waals surface area (Å²) in [6, 6.07) is 11.2. The Kier molecular flexibility index (Phi) is 8.59. The van der Waals surface area contributed by atoms with Crippen LogP contribution in [-0.2, 0) is 19.6 Å². The van der Waals surface area contributed by atoms with Crippen LogP contribution in [-0.4, -0.2) is 70.4 Å². The molecule has 184 valence electrons. The van der Waals surface area contributed by atoms with E-state index in [1.807, 2.05) is 0 Å². The van der Waals surface area contributed by atoms with Crippen LogP contribution in [0.3, 0.4) is 0 Å². The number of halogens is 1. The number of anilines is 2. The van der Waals surface area contributed by atoms with Crippen LogP contribution in [0.5, 0.6) is 0 Å². The van der Waals surface area contributed by atoms with Gasteiger partial charge in [0, 0.05) is 57.6 Å². The van der Waals surface area contributed by atoms with Gasteiger partial charge in [0.05, 0.1) is 10.9 Å². The second-order valence-electron chi connectivity index (χ2n) is 8.14. The van der Waals surface area contributed by atoms with E-state index in [4.69, 9.17) is 0 Å². The number of carbonyl (C=O) groups is 2. The molecule has 0 aliphatic carbocycles. The summed E-state index contributed by atoms with van der Waals surface area (Å²) < 4.78 is 40.6. The van der Waals surface area contributed by atoms with Gasteiger partial charge in [0.2, 0.25) is 21.8 Å². The van der Waals surface area contributed by atoms with Crippen molar-refractivity contribution in [1.29, 1.82) is 0 Å². The number of benzene rings is 2. The first-order valence-electron chi connectivity index (χ1n) is 11.0. The number of sulfonamides is 1. The summed E-state index contributed by atoms with van der Waals surface area (Å²) in [4.78, 5) is 27.9. The Bertz CT molecular complexity index is 1090. The van der Waals surface area contributed by atoms with Crippen LogP contribution < -0.4 is 20.3 Å². The number of carbonyl (C=O) groups excluding carboxylic acids is 2. The predicted molar refractivity (Wildman–Crippen MR) is 129 cm³/mol. The van der Waals surface area contributed by atoms with E-state index in [0.29, 0.717) is 18.8 Å². The second kappa shape index (κ2) is 11.4. The molecule has 3 N–H and O–H groups in total. The average Bonchev–Trinajstić information content (AvgIpc) is 2.80. The normalized spacial score (nSPS) is 15.6. The molecule has 0 spiro atoms. The summed E-state index contributed by atoms with van der Waals surface area (Å²) in [6.45, 7) is 7.11. The molecule has 1 aliphatic rings. The van der Waals surface area contributed by atoms with Crippen LogP contribution >= 0.6 is 0 Å².